The minimum atomic E-state index is -0.386. The molecule has 0 aliphatic carbocycles. The second kappa shape index (κ2) is 3.09. The molecule has 2 aromatic rings. The summed E-state index contributed by atoms with van der Waals surface area (Å²) >= 11 is 1.50. The van der Waals surface area contributed by atoms with Gasteiger partial charge in [-0.3, -0.25) is 4.79 Å². The van der Waals surface area contributed by atoms with Gasteiger partial charge in [0.05, 0.1) is 5.39 Å². The number of aryl methyl sites for hydroxylation is 2. The standard InChI is InChI=1S/C9H10N2O2S/c1-3-6-4-7-8(14-6)10-5(2)11(13)9(7)12/h4,13H,3H2,1-2H3. The van der Waals surface area contributed by atoms with Crippen molar-refractivity contribution < 1.29 is 5.21 Å². The third-order valence-electron chi connectivity index (χ3n) is 2.10. The highest BCUT2D eigenvalue weighted by molar-refractivity contribution is 7.18. The highest BCUT2D eigenvalue weighted by Crippen LogP contribution is 2.21. The van der Waals surface area contributed by atoms with Crippen molar-refractivity contribution in [3.63, 3.8) is 0 Å². The molecule has 4 nitrogen and oxygen atoms in total. The lowest BCUT2D eigenvalue weighted by molar-refractivity contribution is 0.166. The molecule has 0 bridgehead atoms. The maximum atomic E-state index is 11.6. The molecule has 0 aliphatic rings. The first-order valence-electron chi connectivity index (χ1n) is 4.34. The van der Waals surface area contributed by atoms with Gasteiger partial charge in [-0.2, -0.15) is 0 Å². The predicted molar refractivity (Wildman–Crippen MR) is 55.2 cm³/mol. The normalized spacial score (nSPS) is 11.0. The van der Waals surface area contributed by atoms with E-state index in [0.717, 1.165) is 11.3 Å². The Morgan fingerprint density at radius 3 is 3.00 bits per heavy atom. The molecular formula is C9H10N2O2S. The van der Waals surface area contributed by atoms with Gasteiger partial charge in [-0.1, -0.05) is 6.92 Å². The van der Waals surface area contributed by atoms with E-state index < -0.39 is 0 Å². The SMILES string of the molecule is CCc1cc2c(=O)n(O)c(C)nc2s1. The maximum Gasteiger partial charge on any atom is 0.294 e. The number of rotatable bonds is 1. The van der Waals surface area contributed by atoms with Crippen molar-refractivity contribution >= 4 is 21.6 Å². The van der Waals surface area contributed by atoms with Gasteiger partial charge in [0.25, 0.3) is 5.56 Å². The second-order valence-corrected chi connectivity index (χ2v) is 4.18. The van der Waals surface area contributed by atoms with Crippen LogP contribution >= 0.6 is 11.3 Å². The van der Waals surface area contributed by atoms with E-state index in [9.17, 15) is 10.0 Å². The van der Waals surface area contributed by atoms with E-state index in [1.807, 2.05) is 6.92 Å². The molecule has 0 atom stereocenters. The van der Waals surface area contributed by atoms with Crippen molar-refractivity contribution in [3.8, 4) is 0 Å². The summed E-state index contributed by atoms with van der Waals surface area (Å²) in [5.41, 5.74) is -0.386. The Morgan fingerprint density at radius 2 is 2.36 bits per heavy atom. The molecule has 0 unspecified atom stereocenters. The zero-order chi connectivity index (χ0) is 10.3. The van der Waals surface area contributed by atoms with E-state index >= 15 is 0 Å². The van der Waals surface area contributed by atoms with Gasteiger partial charge in [0.1, 0.15) is 10.7 Å². The van der Waals surface area contributed by atoms with Crippen molar-refractivity contribution in [2.24, 2.45) is 0 Å². The number of nitrogens with zero attached hydrogens (tertiary/aromatic N) is 2. The summed E-state index contributed by atoms with van der Waals surface area (Å²) < 4.78 is 0.592. The molecule has 0 fully saturated rings. The molecule has 14 heavy (non-hydrogen) atoms. The molecule has 0 amide bonds. The molecular weight excluding hydrogens is 200 g/mol. The average molecular weight is 210 g/mol. The number of hydrogen-bond donors (Lipinski definition) is 1. The van der Waals surface area contributed by atoms with E-state index in [0.29, 0.717) is 20.8 Å². The van der Waals surface area contributed by atoms with Gasteiger partial charge in [0.2, 0.25) is 0 Å². The molecule has 2 aromatic heterocycles. The van der Waals surface area contributed by atoms with Crippen LogP contribution in [0, 0.1) is 6.92 Å². The summed E-state index contributed by atoms with van der Waals surface area (Å²) in [6.07, 6.45) is 0.880. The number of fused-ring (bicyclic) bond motifs is 1. The third kappa shape index (κ3) is 1.21. The molecule has 0 spiro atoms. The first-order valence-corrected chi connectivity index (χ1v) is 5.16. The Labute approximate surface area is 84.4 Å². The first-order chi connectivity index (χ1) is 6.63. The lowest BCUT2D eigenvalue weighted by Crippen LogP contribution is -2.20. The zero-order valence-corrected chi connectivity index (χ0v) is 8.76. The lowest BCUT2D eigenvalue weighted by Gasteiger charge is -1.98. The van der Waals surface area contributed by atoms with Crippen molar-refractivity contribution in [2.75, 3.05) is 0 Å². The third-order valence-corrected chi connectivity index (χ3v) is 3.28. The van der Waals surface area contributed by atoms with E-state index in [2.05, 4.69) is 4.98 Å². The highest BCUT2D eigenvalue weighted by Gasteiger charge is 2.09. The molecule has 0 aliphatic heterocycles. The summed E-state index contributed by atoms with van der Waals surface area (Å²) in [6.45, 7) is 3.63. The summed E-state index contributed by atoms with van der Waals surface area (Å²) in [6, 6.07) is 1.79. The fraction of sp³-hybridized carbons (Fsp3) is 0.333. The van der Waals surface area contributed by atoms with Crippen LogP contribution in [0.15, 0.2) is 10.9 Å². The van der Waals surface area contributed by atoms with Crippen LogP contribution in [-0.2, 0) is 6.42 Å². The Bertz CT molecular complexity index is 541. The Kier molecular flexibility index (Phi) is 2.03. The van der Waals surface area contributed by atoms with Crippen molar-refractivity contribution in [3.05, 3.63) is 27.1 Å². The molecule has 0 radical (unpaired) electrons. The molecule has 2 rings (SSSR count). The van der Waals surface area contributed by atoms with Gasteiger partial charge in [0, 0.05) is 4.88 Å². The summed E-state index contributed by atoms with van der Waals surface area (Å²) in [7, 11) is 0. The zero-order valence-electron chi connectivity index (χ0n) is 7.94. The van der Waals surface area contributed by atoms with Gasteiger partial charge in [-0.05, 0) is 19.4 Å². The Morgan fingerprint density at radius 1 is 1.64 bits per heavy atom. The summed E-state index contributed by atoms with van der Waals surface area (Å²) in [5.74, 6) is 0.326. The maximum absolute atomic E-state index is 11.6. The van der Waals surface area contributed by atoms with Crippen LogP contribution in [0.3, 0.4) is 0 Å². The van der Waals surface area contributed by atoms with Crippen LogP contribution in [0.5, 0.6) is 0 Å². The van der Waals surface area contributed by atoms with Gasteiger partial charge in [-0.15, -0.1) is 16.1 Å². The Hall–Kier alpha value is -1.36. The first kappa shape index (κ1) is 9.21. The van der Waals surface area contributed by atoms with Crippen LogP contribution in [-0.4, -0.2) is 14.9 Å². The highest BCUT2D eigenvalue weighted by atomic mass is 32.1. The molecule has 0 saturated carbocycles. The van der Waals surface area contributed by atoms with Crippen LogP contribution in [0.25, 0.3) is 10.2 Å². The molecule has 0 aromatic carbocycles. The monoisotopic (exact) mass is 210 g/mol. The summed E-state index contributed by atoms with van der Waals surface area (Å²) in [5, 5.41) is 9.83. The van der Waals surface area contributed by atoms with Crippen molar-refractivity contribution in [1.29, 1.82) is 0 Å². The fourth-order valence-corrected chi connectivity index (χ4v) is 2.30. The topological polar surface area (TPSA) is 55.1 Å². The molecule has 2 heterocycles. The van der Waals surface area contributed by atoms with E-state index in [-0.39, 0.29) is 5.56 Å². The molecule has 0 saturated heterocycles. The van der Waals surface area contributed by atoms with E-state index in [1.165, 1.54) is 11.3 Å². The van der Waals surface area contributed by atoms with Crippen LogP contribution in [0.1, 0.15) is 17.6 Å². The Balaban J connectivity index is 2.88. The van der Waals surface area contributed by atoms with E-state index in [1.54, 1.807) is 13.0 Å². The van der Waals surface area contributed by atoms with Gasteiger partial charge >= 0.3 is 0 Å². The molecule has 5 heteroatoms. The second-order valence-electron chi connectivity index (χ2n) is 3.06. The lowest BCUT2D eigenvalue weighted by atomic mass is 10.3. The fourth-order valence-electron chi connectivity index (χ4n) is 1.30. The number of thiophene rings is 1. The van der Waals surface area contributed by atoms with Crippen molar-refractivity contribution in [1.82, 2.24) is 9.71 Å². The summed E-state index contributed by atoms with van der Waals surface area (Å²) in [4.78, 5) is 17.5. The quantitative estimate of drug-likeness (QED) is 0.727. The number of hydrogen-bond acceptors (Lipinski definition) is 4. The minimum Gasteiger partial charge on any atom is -0.424 e. The van der Waals surface area contributed by atoms with Crippen LogP contribution in [0.4, 0.5) is 0 Å². The smallest absolute Gasteiger partial charge is 0.294 e. The molecule has 74 valence electrons. The minimum absolute atomic E-state index is 0.326. The van der Waals surface area contributed by atoms with Crippen molar-refractivity contribution in [2.45, 2.75) is 20.3 Å². The predicted octanol–water partition coefficient (Wildman–Crippen LogP) is 1.57. The van der Waals surface area contributed by atoms with E-state index in [4.69, 9.17) is 0 Å². The number of aromatic nitrogens is 2. The average Bonchev–Trinajstić information content (AvgIpc) is 2.57. The van der Waals surface area contributed by atoms with Gasteiger partial charge < -0.3 is 5.21 Å². The van der Waals surface area contributed by atoms with Crippen LogP contribution in [0.2, 0.25) is 0 Å². The van der Waals surface area contributed by atoms with Gasteiger partial charge in [-0.25, -0.2) is 4.98 Å². The van der Waals surface area contributed by atoms with Crippen LogP contribution < -0.4 is 5.56 Å². The molecule has 1 N–H and O–H groups in total. The largest absolute Gasteiger partial charge is 0.424 e. The van der Waals surface area contributed by atoms with Gasteiger partial charge in [0.15, 0.2) is 0 Å².